The highest BCUT2D eigenvalue weighted by Crippen LogP contribution is 2.29. The lowest BCUT2D eigenvalue weighted by Gasteiger charge is -2.22. The Balaban J connectivity index is 1.77. The van der Waals surface area contributed by atoms with Crippen LogP contribution in [0.25, 0.3) is 0 Å². The van der Waals surface area contributed by atoms with Gasteiger partial charge < -0.3 is 15.4 Å². The summed E-state index contributed by atoms with van der Waals surface area (Å²) in [4.78, 5) is 29.0. The normalized spacial score (nSPS) is 17.4. The summed E-state index contributed by atoms with van der Waals surface area (Å²) in [5, 5.41) is 14.6. The summed E-state index contributed by atoms with van der Waals surface area (Å²) in [7, 11) is 0. The summed E-state index contributed by atoms with van der Waals surface area (Å²) in [5.41, 5.74) is 0.295. The van der Waals surface area contributed by atoms with Crippen LogP contribution in [-0.2, 0) is 4.79 Å². The molecular weight excluding hydrogens is 446 g/mol. The summed E-state index contributed by atoms with van der Waals surface area (Å²) >= 11 is 0. The summed E-state index contributed by atoms with van der Waals surface area (Å²) in [6.07, 6.45) is 3.86. The zero-order valence-corrected chi connectivity index (χ0v) is 18.9. The number of hydrogen-bond acceptors (Lipinski definition) is 7. The van der Waals surface area contributed by atoms with Crippen LogP contribution in [0.1, 0.15) is 43.6 Å². The van der Waals surface area contributed by atoms with E-state index in [9.17, 15) is 18.4 Å². The van der Waals surface area contributed by atoms with Gasteiger partial charge in [-0.2, -0.15) is 15.3 Å². The molecule has 2 atom stereocenters. The van der Waals surface area contributed by atoms with E-state index >= 15 is 0 Å². The number of amides is 2. The number of hydrogen-bond donors (Lipinski definition) is 2. The Labute approximate surface area is 195 Å². The van der Waals surface area contributed by atoms with Gasteiger partial charge in [-0.25, -0.2) is 13.8 Å². The molecule has 1 aliphatic rings. The van der Waals surface area contributed by atoms with E-state index in [1.807, 2.05) is 0 Å². The van der Waals surface area contributed by atoms with Crippen molar-refractivity contribution in [2.75, 3.05) is 17.0 Å². The number of benzene rings is 1. The molecule has 1 aromatic heterocycles. The summed E-state index contributed by atoms with van der Waals surface area (Å²) in [5.74, 6) is -2.36. The third-order valence-electron chi connectivity index (χ3n) is 5.30. The molecule has 0 radical (unpaired) electrons. The van der Waals surface area contributed by atoms with E-state index in [0.29, 0.717) is 0 Å². The number of hydrazone groups is 2. The molecule has 0 saturated heterocycles. The maximum atomic E-state index is 13.4. The number of aromatic nitrogens is 1. The van der Waals surface area contributed by atoms with Crippen molar-refractivity contribution in [2.24, 2.45) is 16.1 Å². The van der Waals surface area contributed by atoms with Crippen molar-refractivity contribution < 1.29 is 23.1 Å². The molecule has 1 aliphatic carbocycles. The van der Waals surface area contributed by atoms with Gasteiger partial charge in [-0.3, -0.25) is 9.59 Å². The van der Waals surface area contributed by atoms with E-state index in [1.165, 1.54) is 25.3 Å². The minimum atomic E-state index is -0.985. The van der Waals surface area contributed by atoms with Crippen LogP contribution in [0, 0.1) is 17.6 Å². The fourth-order valence-electron chi connectivity index (χ4n) is 3.75. The second kappa shape index (κ2) is 11.3. The average molecular weight is 472 g/mol. The Morgan fingerprint density at radius 3 is 2.74 bits per heavy atom. The number of nitrogens with one attached hydrogen (secondary N) is 2. The number of carbonyl (C=O) groups is 2. The van der Waals surface area contributed by atoms with E-state index < -0.39 is 17.5 Å². The first-order valence-electron chi connectivity index (χ1n) is 10.7. The van der Waals surface area contributed by atoms with E-state index in [-0.39, 0.29) is 47.4 Å². The predicted molar refractivity (Wildman–Crippen MR) is 125 cm³/mol. The van der Waals surface area contributed by atoms with Gasteiger partial charge in [0.25, 0.3) is 5.91 Å². The molecule has 2 aromatic rings. The highest BCUT2D eigenvalue weighted by Gasteiger charge is 2.31. The van der Waals surface area contributed by atoms with Gasteiger partial charge in [0, 0.05) is 37.9 Å². The molecule has 2 amide bonds. The van der Waals surface area contributed by atoms with Crippen LogP contribution in [0.2, 0.25) is 0 Å². The molecule has 0 bridgehead atoms. The fourth-order valence-corrected chi connectivity index (χ4v) is 3.75. The number of anilines is 2. The van der Waals surface area contributed by atoms with Crippen LogP contribution in [0.15, 0.2) is 40.5 Å². The Bertz CT molecular complexity index is 1090. The molecule has 0 unspecified atom stereocenters. The lowest BCUT2D eigenvalue weighted by molar-refractivity contribution is -0.114. The van der Waals surface area contributed by atoms with Gasteiger partial charge in [0.2, 0.25) is 5.91 Å². The molecule has 1 saturated carbocycles. The molecule has 0 aliphatic heterocycles. The average Bonchev–Trinajstić information content (AvgIpc) is 3.24. The van der Waals surface area contributed by atoms with E-state index in [2.05, 4.69) is 32.5 Å². The largest absolute Gasteiger partial charge is 0.493 e. The minimum absolute atomic E-state index is 0.0106. The van der Waals surface area contributed by atoms with E-state index in [4.69, 9.17) is 4.74 Å². The van der Waals surface area contributed by atoms with Crippen molar-refractivity contribution >= 4 is 36.3 Å². The zero-order chi connectivity index (χ0) is 24.7. The van der Waals surface area contributed by atoms with Gasteiger partial charge in [0.05, 0.1) is 6.61 Å². The summed E-state index contributed by atoms with van der Waals surface area (Å²) < 4.78 is 32.2. The number of carbonyl (C=O) groups excluding carboxylic acids is 2. The third kappa shape index (κ3) is 6.12. The lowest BCUT2D eigenvalue weighted by atomic mass is 10.0. The molecule has 180 valence electrons. The number of rotatable bonds is 9. The van der Waals surface area contributed by atoms with Crippen molar-refractivity contribution in [3.63, 3.8) is 0 Å². The van der Waals surface area contributed by atoms with Crippen LogP contribution in [0.4, 0.5) is 20.3 Å². The Hall–Kier alpha value is -3.89. The van der Waals surface area contributed by atoms with Crippen LogP contribution in [0.3, 0.4) is 0 Å². The van der Waals surface area contributed by atoms with E-state index in [0.717, 1.165) is 36.5 Å². The zero-order valence-electron chi connectivity index (χ0n) is 18.9. The molecule has 11 heteroatoms. The first kappa shape index (κ1) is 24.7. The van der Waals surface area contributed by atoms with Gasteiger partial charge in [-0.1, -0.05) is 6.42 Å². The fraction of sp³-hybridized carbons (Fsp3) is 0.348. The second-order valence-corrected chi connectivity index (χ2v) is 7.71. The van der Waals surface area contributed by atoms with Crippen LogP contribution >= 0.6 is 0 Å². The molecule has 34 heavy (non-hydrogen) atoms. The van der Waals surface area contributed by atoms with Crippen LogP contribution in [0.5, 0.6) is 5.75 Å². The quantitative estimate of drug-likeness (QED) is 0.427. The van der Waals surface area contributed by atoms with Gasteiger partial charge in [-0.05, 0) is 44.0 Å². The number of halogens is 2. The Morgan fingerprint density at radius 2 is 2.06 bits per heavy atom. The first-order valence-corrected chi connectivity index (χ1v) is 10.7. The minimum Gasteiger partial charge on any atom is -0.493 e. The van der Waals surface area contributed by atoms with Crippen LogP contribution in [-0.4, -0.2) is 42.4 Å². The number of nitrogens with zero attached hydrogens (tertiary/aromatic N) is 4. The van der Waals surface area contributed by atoms with Gasteiger partial charge in [-0.15, -0.1) is 0 Å². The maximum Gasteiger partial charge on any atom is 0.272 e. The van der Waals surface area contributed by atoms with Gasteiger partial charge >= 0.3 is 0 Å². The third-order valence-corrected chi connectivity index (χ3v) is 5.30. The molecule has 0 spiro atoms. The standard InChI is InChI=1S/C23H26F2N6O3/c1-4-27-31(26-3)20-10-11-21(28-14(2)32)30-22(20)23(33)29-19-7-5-6-15(19)13-34-16-8-9-17(24)18(25)12-16/h4,8-12,15,19H,3,5-7,13H2,1-2H3,(H,29,33)(H,28,30,32)/b27-4-/t15-,19+/m1/s1. The summed E-state index contributed by atoms with van der Waals surface area (Å²) in [6.45, 7) is 6.72. The topological polar surface area (TPSA) is 108 Å². The number of pyridine rings is 1. The highest BCUT2D eigenvalue weighted by molar-refractivity contribution is 5.99. The van der Waals surface area contributed by atoms with Crippen molar-refractivity contribution in [3.8, 4) is 5.75 Å². The molecule has 2 N–H and O–H groups in total. The second-order valence-electron chi connectivity index (χ2n) is 7.71. The van der Waals surface area contributed by atoms with E-state index in [1.54, 1.807) is 13.0 Å². The van der Waals surface area contributed by atoms with Crippen molar-refractivity contribution in [1.29, 1.82) is 0 Å². The Kier molecular flexibility index (Phi) is 8.23. The predicted octanol–water partition coefficient (Wildman–Crippen LogP) is 3.72. The van der Waals surface area contributed by atoms with Gasteiger partial charge in [0.15, 0.2) is 17.3 Å². The molecule has 3 rings (SSSR count). The van der Waals surface area contributed by atoms with Crippen molar-refractivity contribution in [2.45, 2.75) is 39.2 Å². The van der Waals surface area contributed by atoms with Crippen molar-refractivity contribution in [1.82, 2.24) is 10.3 Å². The smallest absolute Gasteiger partial charge is 0.272 e. The number of ether oxygens (including phenoxy) is 1. The Morgan fingerprint density at radius 1 is 1.26 bits per heavy atom. The van der Waals surface area contributed by atoms with Crippen LogP contribution < -0.4 is 20.5 Å². The highest BCUT2D eigenvalue weighted by atomic mass is 19.2. The SMILES string of the molecule is C=NN(/N=C\C)c1ccc(NC(C)=O)nc1C(=O)N[C@H]1CCC[C@@H]1COc1ccc(F)c(F)c1. The van der Waals surface area contributed by atoms with Gasteiger partial charge in [0.1, 0.15) is 17.3 Å². The molecule has 1 aromatic carbocycles. The molecular formula is C23H26F2N6O3. The first-order chi connectivity index (χ1) is 16.3. The molecule has 1 fully saturated rings. The molecule has 9 nitrogen and oxygen atoms in total. The summed E-state index contributed by atoms with van der Waals surface area (Å²) in [6, 6.07) is 6.23. The maximum absolute atomic E-state index is 13.4. The molecule has 1 heterocycles. The monoisotopic (exact) mass is 472 g/mol. The lowest BCUT2D eigenvalue weighted by Crippen LogP contribution is -2.40. The van der Waals surface area contributed by atoms with Crippen molar-refractivity contribution in [3.05, 3.63) is 47.7 Å².